The van der Waals surface area contributed by atoms with Gasteiger partial charge in [-0.1, -0.05) is 102 Å². The molecule has 2 atom stereocenters. The number of thiazole rings is 2. The molecule has 102 heavy (non-hydrogen) atoms. The first-order chi connectivity index (χ1) is 48.3. The van der Waals surface area contributed by atoms with E-state index in [0.29, 0.717) is 94.6 Å². The Balaban J connectivity index is 0.000000221. The van der Waals surface area contributed by atoms with Crippen LogP contribution in [0.5, 0.6) is 23.0 Å². The summed E-state index contributed by atoms with van der Waals surface area (Å²) in [5.41, 5.74) is 4.92. The zero-order valence-corrected chi connectivity index (χ0v) is 61.3. The summed E-state index contributed by atoms with van der Waals surface area (Å²) >= 11 is 2.55. The minimum absolute atomic E-state index is 0.00576. The van der Waals surface area contributed by atoms with Gasteiger partial charge in [0.05, 0.1) is 42.9 Å². The third kappa shape index (κ3) is 18.1. The van der Waals surface area contributed by atoms with Crippen LogP contribution in [0.2, 0.25) is 0 Å². The highest BCUT2D eigenvalue weighted by molar-refractivity contribution is 7.92. The molecule has 0 spiro atoms. The molecule has 24 heteroatoms. The number of aryl methyl sites for hydroxylation is 3. The van der Waals surface area contributed by atoms with Gasteiger partial charge in [-0.25, -0.2) is 44.4 Å². The number of rotatable bonds is 21. The van der Waals surface area contributed by atoms with Gasteiger partial charge in [-0.05, 0) is 140 Å². The van der Waals surface area contributed by atoms with E-state index >= 15 is 17.6 Å². The maximum Gasteiger partial charge on any atom is 0.320 e. The third-order valence-electron chi connectivity index (χ3n) is 18.9. The van der Waals surface area contributed by atoms with Crippen molar-refractivity contribution >= 4 is 88.1 Å². The Labute approximate surface area is 599 Å². The molecule has 1 aliphatic heterocycles. The van der Waals surface area contributed by atoms with E-state index in [9.17, 15) is 36.3 Å². The molecule has 4 bridgehead atoms. The van der Waals surface area contributed by atoms with Crippen LogP contribution in [0.3, 0.4) is 0 Å². The molecule has 3 N–H and O–H groups in total. The van der Waals surface area contributed by atoms with Crippen molar-refractivity contribution in [2.24, 2.45) is 10.8 Å². The molecule has 0 radical (unpaired) electrons. The first-order valence-corrected chi connectivity index (χ1v) is 38.7. The molecular formula is C78H82F4N4O12S4. The van der Waals surface area contributed by atoms with E-state index < -0.39 is 82.3 Å². The van der Waals surface area contributed by atoms with Crippen LogP contribution in [0.4, 0.5) is 17.6 Å². The maximum atomic E-state index is 15.6. The predicted molar refractivity (Wildman–Crippen MR) is 392 cm³/mol. The van der Waals surface area contributed by atoms with Gasteiger partial charge in [-0.3, -0.25) is 14.4 Å². The lowest BCUT2D eigenvalue weighted by atomic mass is 9.74. The van der Waals surface area contributed by atoms with E-state index in [2.05, 4.69) is 28.2 Å². The molecule has 6 aromatic carbocycles. The smallest absolute Gasteiger partial charge is 0.320 e. The largest absolute Gasteiger partial charge is 0.481 e. The number of benzene rings is 6. The Bertz CT molecular complexity index is 5000. The monoisotopic (exact) mass is 1470 g/mol. The van der Waals surface area contributed by atoms with Gasteiger partial charge < -0.3 is 34.0 Å². The number of hydrogen-bond donors (Lipinski definition) is 3. The van der Waals surface area contributed by atoms with Crippen LogP contribution < -0.4 is 9.47 Å². The number of aromatic amines is 2. The van der Waals surface area contributed by atoms with Crippen molar-refractivity contribution in [3.8, 4) is 44.1 Å². The normalized spacial score (nSPS) is 16.1. The van der Waals surface area contributed by atoms with Crippen molar-refractivity contribution in [3.05, 3.63) is 207 Å². The van der Waals surface area contributed by atoms with Gasteiger partial charge in [-0.2, -0.15) is 0 Å². The highest BCUT2D eigenvalue weighted by atomic mass is 32.2. The quantitative estimate of drug-likeness (QED) is 0.0449. The fourth-order valence-electron chi connectivity index (χ4n) is 13.4. The number of methoxy groups -OCH3 is 2. The summed E-state index contributed by atoms with van der Waals surface area (Å²) in [5.74, 6) is -5.11. The Morgan fingerprint density at radius 1 is 0.745 bits per heavy atom. The van der Waals surface area contributed by atoms with Crippen molar-refractivity contribution in [1.82, 2.24) is 19.9 Å². The van der Waals surface area contributed by atoms with Gasteiger partial charge in [0, 0.05) is 103 Å². The lowest BCUT2D eigenvalue weighted by Gasteiger charge is -2.31. The van der Waals surface area contributed by atoms with E-state index in [1.807, 2.05) is 93.9 Å². The molecular weight excluding hydrogens is 1390 g/mol. The highest BCUT2D eigenvalue weighted by Gasteiger charge is 2.37. The van der Waals surface area contributed by atoms with Crippen molar-refractivity contribution in [2.45, 2.75) is 123 Å². The zero-order chi connectivity index (χ0) is 73.5. The molecule has 2 unspecified atom stereocenters. The van der Waals surface area contributed by atoms with E-state index in [1.165, 1.54) is 84.4 Å². The number of carboxylic acids is 1. The number of aliphatic carboxylic acids is 1. The number of carbonyl (C=O) groups excluding carboxylic acids is 2. The number of carbonyl (C=O) groups is 3. The van der Waals surface area contributed by atoms with Crippen LogP contribution >= 0.6 is 22.7 Å². The summed E-state index contributed by atoms with van der Waals surface area (Å²) in [5, 5.41) is 15.3. The number of carboxylic acid groups (broad SMARTS) is 1. The molecule has 10 aromatic rings. The first kappa shape index (κ1) is 75.7. The summed E-state index contributed by atoms with van der Waals surface area (Å²) in [4.78, 5) is 50.8. The number of nitrogens with zero attached hydrogens (tertiary/aromatic N) is 2. The Kier molecular flexibility index (Phi) is 23.2. The Hall–Kier alpha value is -8.97. The van der Waals surface area contributed by atoms with Gasteiger partial charge in [0.1, 0.15) is 38.9 Å². The van der Waals surface area contributed by atoms with Crippen molar-refractivity contribution in [1.29, 1.82) is 0 Å². The van der Waals surface area contributed by atoms with Gasteiger partial charge in [-0.15, -0.1) is 22.7 Å². The first-order valence-electron chi connectivity index (χ1n) is 33.3. The van der Waals surface area contributed by atoms with Gasteiger partial charge >= 0.3 is 17.9 Å². The molecule has 0 aliphatic carbocycles. The fourth-order valence-corrected chi connectivity index (χ4v) is 19.3. The summed E-state index contributed by atoms with van der Waals surface area (Å²) in [6, 6.07) is 30.2. The number of sulfone groups is 2. The standard InChI is InChI=1S/C41H44F2N2O7S2.C37H38F2N2O5S2/c1-7-29-30-16-19-44-34(30)22-33(43)38(29)52-28-13-14-32(42)31(21-28)39-45-35(23-53-39)41(4,27-11-8-10-26(20-27)12-15-36(46)50-5)18-9-17-40(2,3)25-54(48,49)24-37(47)51-6;1-36(2)14-5-15-37(3,24-7-4-6-23(18-24)8-11-33(42)43)32-21-47-35(41-32)28-19-25(9-10-29(28)38)46-34-27(13-17-48(44,45)22-36)26-12-16-40-31(26)20-30(34)39/h7-8,10-11,13-14,16,19-23,44H,1,9,12,15,17-18,24-25H2,2-6H3;4,6-7,9-10,12,16,18-21,40H,5,8,11,13-15,17,22H2,1-3H3,(H,42,43). The molecule has 0 fully saturated rings. The fraction of sp³-hybridized carbons (Fsp3) is 0.346. The summed E-state index contributed by atoms with van der Waals surface area (Å²) in [7, 11) is -4.77. The van der Waals surface area contributed by atoms with E-state index in [4.69, 9.17) is 24.2 Å². The number of ether oxygens (including phenoxy) is 4. The molecule has 5 heterocycles. The second kappa shape index (κ2) is 31.3. The molecule has 0 amide bonds. The van der Waals surface area contributed by atoms with E-state index in [1.54, 1.807) is 24.5 Å². The summed E-state index contributed by atoms with van der Waals surface area (Å²) < 4.78 is 136. The summed E-state index contributed by atoms with van der Waals surface area (Å²) in [6.07, 6.45) is 9.57. The third-order valence-corrected chi connectivity index (χ3v) is 24.6. The molecule has 538 valence electrons. The van der Waals surface area contributed by atoms with Crippen LogP contribution in [0.1, 0.15) is 138 Å². The second-order valence-electron chi connectivity index (χ2n) is 27.9. The average molecular weight is 1470 g/mol. The van der Waals surface area contributed by atoms with E-state index in [-0.39, 0.29) is 76.6 Å². The van der Waals surface area contributed by atoms with Gasteiger partial charge in [0.2, 0.25) is 0 Å². The number of hydrogen-bond acceptors (Lipinski definition) is 15. The molecule has 16 nitrogen and oxygen atoms in total. The average Bonchev–Trinajstić information content (AvgIpc) is 1.52. The van der Waals surface area contributed by atoms with Crippen LogP contribution in [-0.4, -0.2) is 97.0 Å². The molecule has 0 saturated carbocycles. The second-order valence-corrected chi connectivity index (χ2v) is 33.9. The minimum atomic E-state index is -3.71. The number of aromatic nitrogens is 4. The number of esters is 2. The van der Waals surface area contributed by atoms with Gasteiger partial charge in [0.25, 0.3) is 0 Å². The van der Waals surface area contributed by atoms with Crippen molar-refractivity contribution < 1.29 is 72.8 Å². The zero-order valence-electron chi connectivity index (χ0n) is 58.1. The molecule has 0 saturated heterocycles. The van der Waals surface area contributed by atoms with Crippen LogP contribution in [0.25, 0.3) is 49.0 Å². The van der Waals surface area contributed by atoms with Crippen LogP contribution in [-0.2, 0) is 73.6 Å². The van der Waals surface area contributed by atoms with Gasteiger partial charge in [0.15, 0.2) is 42.8 Å². The number of halogens is 4. The lowest BCUT2D eigenvalue weighted by molar-refractivity contribution is -0.140. The molecule has 11 rings (SSSR count). The molecule has 1 aliphatic rings. The lowest BCUT2D eigenvalue weighted by Crippen LogP contribution is -2.30. The number of fused-ring (bicyclic) bond motifs is 9. The van der Waals surface area contributed by atoms with Crippen LogP contribution in [0.15, 0.2) is 139 Å². The maximum absolute atomic E-state index is 15.6. The summed E-state index contributed by atoms with van der Waals surface area (Å²) in [6.45, 7) is 15.5. The molecule has 4 aromatic heterocycles. The Morgan fingerprint density at radius 3 is 2.11 bits per heavy atom. The Morgan fingerprint density at radius 2 is 1.39 bits per heavy atom. The van der Waals surface area contributed by atoms with Crippen molar-refractivity contribution in [2.75, 3.05) is 37.2 Å². The van der Waals surface area contributed by atoms with E-state index in [0.717, 1.165) is 40.4 Å². The SMILES string of the molecule is C=Cc1c(Oc2ccc(F)c(-c3nc(C(C)(CCCC(C)(C)CS(=O)(=O)CC(=O)OC)c4cccc(CCC(=O)OC)c4)cs3)c2)c(F)cc2[nH]ccc12.CC1(C)CCCC(C)(c2cccc(CCC(=O)O)c2)c2csc(n2)-c2cc(ccc2F)Oc2c(F)cc3[nH]ccc3c2CCS(=O)(=O)C1. The highest BCUT2D eigenvalue weighted by Crippen LogP contribution is 2.46. The minimum Gasteiger partial charge on any atom is -0.481 e. The number of nitrogens with one attached hydrogen (secondary N) is 2. The predicted octanol–water partition coefficient (Wildman–Crippen LogP) is 18.1. The van der Waals surface area contributed by atoms with Crippen molar-refractivity contribution in [3.63, 3.8) is 0 Å². The van der Waals surface area contributed by atoms with Crippen LogP contribution in [0, 0.1) is 34.1 Å². The topological polar surface area (TPSA) is 234 Å². The number of H-pyrrole nitrogens is 2.